The van der Waals surface area contributed by atoms with Gasteiger partial charge in [0.15, 0.2) is 5.69 Å². The van der Waals surface area contributed by atoms with Crippen LogP contribution in [0, 0.1) is 11.9 Å². The minimum Gasteiger partial charge on any atom is -0.396 e. The van der Waals surface area contributed by atoms with E-state index in [9.17, 15) is 13.6 Å². The van der Waals surface area contributed by atoms with Crippen molar-refractivity contribution in [3.8, 4) is 11.1 Å². The number of nitrogens with two attached hydrogens (primary N) is 1. The highest BCUT2D eigenvalue weighted by molar-refractivity contribution is 6.09. The van der Waals surface area contributed by atoms with Crippen LogP contribution in [0.3, 0.4) is 0 Å². The van der Waals surface area contributed by atoms with E-state index in [1.54, 1.807) is 18.2 Å². The Hall–Kier alpha value is -3.09. The van der Waals surface area contributed by atoms with Crippen molar-refractivity contribution in [3.63, 3.8) is 0 Å². The lowest BCUT2D eigenvalue weighted by Gasteiger charge is -2.12. The molecule has 0 saturated heterocycles. The molecule has 128 valence electrons. The summed E-state index contributed by atoms with van der Waals surface area (Å²) in [6.07, 6.45) is 2.25. The zero-order valence-corrected chi connectivity index (χ0v) is 13.5. The van der Waals surface area contributed by atoms with Crippen LogP contribution in [0.1, 0.15) is 23.8 Å². The van der Waals surface area contributed by atoms with E-state index in [4.69, 9.17) is 5.73 Å². The van der Waals surface area contributed by atoms with Gasteiger partial charge in [-0.25, -0.2) is 4.98 Å². The van der Waals surface area contributed by atoms with Crippen LogP contribution in [0.15, 0.2) is 36.5 Å². The van der Waals surface area contributed by atoms with Gasteiger partial charge in [0.25, 0.3) is 5.91 Å². The fraction of sp³-hybridized carbons (Fsp3) is 0.167. The van der Waals surface area contributed by atoms with E-state index >= 15 is 0 Å². The van der Waals surface area contributed by atoms with Gasteiger partial charge in [-0.3, -0.25) is 4.79 Å². The first-order chi connectivity index (χ1) is 12.0. The molecule has 0 aliphatic rings. The van der Waals surface area contributed by atoms with Gasteiger partial charge in [-0.1, -0.05) is 25.1 Å². The Labute approximate surface area is 142 Å². The Balaban J connectivity index is 2.14. The van der Waals surface area contributed by atoms with Crippen molar-refractivity contribution in [3.05, 3.63) is 54.1 Å². The van der Waals surface area contributed by atoms with Crippen molar-refractivity contribution in [2.45, 2.75) is 13.3 Å². The number of nitrogen functional groups attached to an aromatic ring is 1. The number of hydrogen-bond donors (Lipinski definition) is 2. The standard InChI is InChI=1S/C18H16F2N4O/c1-2-8-22-18(25)16-15(21)11-5-3-4-10(13(11)9-23-16)12-6-7-14(19)24-17(12)20/h3-7,9H,2,8,21H2,1H3,(H,22,25). The highest BCUT2D eigenvalue weighted by Crippen LogP contribution is 2.33. The average Bonchev–Trinajstić information content (AvgIpc) is 2.60. The molecule has 0 saturated carbocycles. The Morgan fingerprint density at radius 2 is 1.96 bits per heavy atom. The van der Waals surface area contributed by atoms with Gasteiger partial charge in [0.2, 0.25) is 11.9 Å². The molecular formula is C18H16F2N4O. The van der Waals surface area contributed by atoms with E-state index in [1.807, 2.05) is 6.92 Å². The average molecular weight is 342 g/mol. The van der Waals surface area contributed by atoms with Gasteiger partial charge >= 0.3 is 0 Å². The highest BCUT2D eigenvalue weighted by atomic mass is 19.1. The third-order valence-electron chi connectivity index (χ3n) is 3.83. The number of hydrogen-bond acceptors (Lipinski definition) is 4. The zero-order chi connectivity index (χ0) is 18.0. The summed E-state index contributed by atoms with van der Waals surface area (Å²) in [7, 11) is 0. The lowest BCUT2D eigenvalue weighted by atomic mass is 9.99. The molecular weight excluding hydrogens is 326 g/mol. The molecule has 0 atom stereocenters. The topological polar surface area (TPSA) is 80.9 Å². The molecule has 0 bridgehead atoms. The van der Waals surface area contributed by atoms with Crippen molar-refractivity contribution < 1.29 is 13.6 Å². The lowest BCUT2D eigenvalue weighted by Crippen LogP contribution is -2.26. The molecule has 3 N–H and O–H groups in total. The van der Waals surface area contributed by atoms with Crippen LogP contribution in [-0.2, 0) is 0 Å². The number of carbonyl (C=O) groups excluding carboxylic acids is 1. The summed E-state index contributed by atoms with van der Waals surface area (Å²) in [4.78, 5) is 19.5. The van der Waals surface area contributed by atoms with Crippen molar-refractivity contribution in [1.29, 1.82) is 0 Å². The number of anilines is 1. The fourth-order valence-corrected chi connectivity index (χ4v) is 2.62. The van der Waals surface area contributed by atoms with Crippen molar-refractivity contribution in [2.24, 2.45) is 0 Å². The largest absolute Gasteiger partial charge is 0.396 e. The van der Waals surface area contributed by atoms with Crippen molar-refractivity contribution in [1.82, 2.24) is 15.3 Å². The van der Waals surface area contributed by atoms with Gasteiger partial charge in [0, 0.05) is 29.1 Å². The third-order valence-corrected chi connectivity index (χ3v) is 3.83. The Morgan fingerprint density at radius 1 is 1.16 bits per heavy atom. The SMILES string of the molecule is CCCNC(=O)c1ncc2c(-c3ccc(F)nc3F)cccc2c1N. The number of benzene rings is 1. The van der Waals surface area contributed by atoms with E-state index in [0.717, 1.165) is 12.5 Å². The number of rotatable bonds is 4. The van der Waals surface area contributed by atoms with E-state index in [-0.39, 0.29) is 22.9 Å². The molecule has 2 aromatic heterocycles. The van der Waals surface area contributed by atoms with Crippen LogP contribution in [0.2, 0.25) is 0 Å². The Kier molecular flexibility index (Phi) is 4.56. The molecule has 5 nitrogen and oxygen atoms in total. The molecule has 3 rings (SSSR count). The summed E-state index contributed by atoms with van der Waals surface area (Å²) in [6.45, 7) is 2.46. The van der Waals surface area contributed by atoms with Gasteiger partial charge in [-0.2, -0.15) is 13.8 Å². The minimum absolute atomic E-state index is 0.121. The van der Waals surface area contributed by atoms with Crippen LogP contribution in [-0.4, -0.2) is 22.4 Å². The van der Waals surface area contributed by atoms with E-state index < -0.39 is 11.9 Å². The van der Waals surface area contributed by atoms with Crippen molar-refractivity contribution >= 4 is 22.4 Å². The monoisotopic (exact) mass is 342 g/mol. The van der Waals surface area contributed by atoms with E-state index in [0.29, 0.717) is 22.9 Å². The number of aromatic nitrogens is 2. The summed E-state index contributed by atoms with van der Waals surface area (Å²) in [5, 5.41) is 3.85. The summed E-state index contributed by atoms with van der Waals surface area (Å²) >= 11 is 0. The summed E-state index contributed by atoms with van der Waals surface area (Å²) < 4.78 is 27.1. The maximum atomic E-state index is 14.0. The molecule has 0 fully saturated rings. The summed E-state index contributed by atoms with van der Waals surface area (Å²) in [5.41, 5.74) is 7.05. The maximum absolute atomic E-state index is 14.0. The van der Waals surface area contributed by atoms with Gasteiger partial charge in [-0.15, -0.1) is 0 Å². The molecule has 25 heavy (non-hydrogen) atoms. The van der Waals surface area contributed by atoms with Crippen LogP contribution < -0.4 is 11.1 Å². The second-order valence-electron chi connectivity index (χ2n) is 5.52. The Bertz CT molecular complexity index is 959. The molecule has 7 heteroatoms. The predicted octanol–water partition coefficient (Wildman–Crippen LogP) is 3.30. The molecule has 0 aliphatic heterocycles. The molecule has 0 aliphatic carbocycles. The van der Waals surface area contributed by atoms with Gasteiger partial charge in [0.05, 0.1) is 5.69 Å². The second-order valence-corrected chi connectivity index (χ2v) is 5.52. The van der Waals surface area contributed by atoms with Crippen LogP contribution in [0.5, 0.6) is 0 Å². The first-order valence-corrected chi connectivity index (χ1v) is 7.80. The maximum Gasteiger partial charge on any atom is 0.272 e. The lowest BCUT2D eigenvalue weighted by molar-refractivity contribution is 0.0950. The first-order valence-electron chi connectivity index (χ1n) is 7.80. The summed E-state index contributed by atoms with van der Waals surface area (Å²) in [5.74, 6) is -2.17. The zero-order valence-electron chi connectivity index (χ0n) is 13.5. The number of pyridine rings is 2. The fourth-order valence-electron chi connectivity index (χ4n) is 2.62. The molecule has 2 heterocycles. The van der Waals surface area contributed by atoms with Gasteiger partial charge < -0.3 is 11.1 Å². The van der Waals surface area contributed by atoms with E-state index in [1.165, 1.54) is 12.3 Å². The molecule has 0 spiro atoms. The van der Waals surface area contributed by atoms with Crippen LogP contribution in [0.4, 0.5) is 14.5 Å². The quantitative estimate of drug-likeness (QED) is 0.713. The molecule has 3 aromatic rings. The third kappa shape index (κ3) is 3.13. The van der Waals surface area contributed by atoms with Gasteiger partial charge in [-0.05, 0) is 24.1 Å². The molecule has 1 amide bonds. The number of fused-ring (bicyclic) bond motifs is 1. The minimum atomic E-state index is -0.921. The second kappa shape index (κ2) is 6.80. The Morgan fingerprint density at radius 3 is 2.68 bits per heavy atom. The number of carbonyl (C=O) groups is 1. The van der Waals surface area contributed by atoms with Gasteiger partial charge in [0.1, 0.15) is 0 Å². The highest BCUT2D eigenvalue weighted by Gasteiger charge is 2.17. The number of nitrogens with one attached hydrogen (secondary N) is 1. The van der Waals surface area contributed by atoms with Crippen molar-refractivity contribution in [2.75, 3.05) is 12.3 Å². The molecule has 0 radical (unpaired) electrons. The van der Waals surface area contributed by atoms with E-state index in [2.05, 4.69) is 15.3 Å². The normalized spacial score (nSPS) is 10.8. The van der Waals surface area contributed by atoms with Crippen LogP contribution >= 0.6 is 0 Å². The number of amides is 1. The number of halogens is 2. The molecule has 1 aromatic carbocycles. The first kappa shape index (κ1) is 16.8. The van der Waals surface area contributed by atoms with Crippen LogP contribution in [0.25, 0.3) is 21.9 Å². The smallest absolute Gasteiger partial charge is 0.272 e. The molecule has 0 unspecified atom stereocenters. The summed E-state index contributed by atoms with van der Waals surface area (Å²) in [6, 6.07) is 7.47. The number of nitrogens with zero attached hydrogens (tertiary/aromatic N) is 2. The predicted molar refractivity (Wildman–Crippen MR) is 91.9 cm³/mol.